The second-order valence-electron chi connectivity index (χ2n) is 6.39. The highest BCUT2D eigenvalue weighted by Gasteiger charge is 2.28. The Hall–Kier alpha value is -3.09. The summed E-state index contributed by atoms with van der Waals surface area (Å²) in [5.74, 6) is -1.19. The zero-order valence-corrected chi connectivity index (χ0v) is 15.2. The molecule has 1 aromatic carbocycles. The minimum absolute atomic E-state index is 0.166. The lowest BCUT2D eigenvalue weighted by molar-refractivity contribution is -0.149. The maximum absolute atomic E-state index is 12.2. The standard InChI is InChI=1S/C20H22N2O5/c1-26-19(24)16-8-12-22(13-9-16)18(23)14-27-20(25)15-4-6-17(7-5-15)21-10-2-3-11-21/h2-7,10-11,16H,8-9,12-14H2,1H3. The van der Waals surface area contributed by atoms with E-state index in [1.807, 2.05) is 41.2 Å². The zero-order chi connectivity index (χ0) is 19.2. The second-order valence-corrected chi connectivity index (χ2v) is 6.39. The number of likely N-dealkylation sites (tertiary alicyclic amines) is 1. The Bertz CT molecular complexity index is 790. The molecule has 2 aromatic rings. The molecular formula is C20H22N2O5. The van der Waals surface area contributed by atoms with Crippen molar-refractivity contribution in [2.45, 2.75) is 12.8 Å². The molecule has 0 saturated carbocycles. The molecule has 1 saturated heterocycles. The van der Waals surface area contributed by atoms with Gasteiger partial charge in [0.1, 0.15) is 0 Å². The Kier molecular flexibility index (Phi) is 5.90. The van der Waals surface area contributed by atoms with Gasteiger partial charge in [0, 0.05) is 31.2 Å². The van der Waals surface area contributed by atoms with Gasteiger partial charge >= 0.3 is 11.9 Å². The summed E-state index contributed by atoms with van der Waals surface area (Å²) in [4.78, 5) is 37.5. The summed E-state index contributed by atoms with van der Waals surface area (Å²) in [6.07, 6.45) is 4.95. The minimum Gasteiger partial charge on any atom is -0.469 e. The lowest BCUT2D eigenvalue weighted by atomic mass is 9.97. The van der Waals surface area contributed by atoms with Gasteiger partial charge in [-0.05, 0) is 49.2 Å². The number of amides is 1. The molecule has 7 heteroatoms. The molecular weight excluding hydrogens is 348 g/mol. The maximum atomic E-state index is 12.2. The van der Waals surface area contributed by atoms with Crippen LogP contribution in [0.4, 0.5) is 0 Å². The number of carbonyl (C=O) groups is 3. The second kappa shape index (κ2) is 8.53. The molecule has 7 nitrogen and oxygen atoms in total. The van der Waals surface area contributed by atoms with Crippen LogP contribution < -0.4 is 0 Å². The summed E-state index contributed by atoms with van der Waals surface area (Å²) >= 11 is 0. The van der Waals surface area contributed by atoms with Crippen LogP contribution in [-0.2, 0) is 19.1 Å². The van der Waals surface area contributed by atoms with Gasteiger partial charge in [0.05, 0.1) is 18.6 Å². The molecule has 1 amide bonds. The highest BCUT2D eigenvalue weighted by atomic mass is 16.5. The Morgan fingerprint density at radius 2 is 1.67 bits per heavy atom. The molecule has 0 bridgehead atoms. The summed E-state index contributed by atoms with van der Waals surface area (Å²) in [6.45, 7) is 0.616. The number of hydrogen-bond donors (Lipinski definition) is 0. The predicted molar refractivity (Wildman–Crippen MR) is 97.4 cm³/mol. The van der Waals surface area contributed by atoms with E-state index in [0.29, 0.717) is 31.5 Å². The molecule has 1 aromatic heterocycles. The number of piperidine rings is 1. The van der Waals surface area contributed by atoms with Crippen molar-refractivity contribution in [1.82, 2.24) is 9.47 Å². The average molecular weight is 370 g/mol. The SMILES string of the molecule is COC(=O)C1CCN(C(=O)COC(=O)c2ccc(-n3cccc3)cc2)CC1. The van der Waals surface area contributed by atoms with Crippen LogP contribution in [0.3, 0.4) is 0 Å². The molecule has 1 aliphatic rings. The maximum Gasteiger partial charge on any atom is 0.338 e. The van der Waals surface area contributed by atoms with E-state index in [9.17, 15) is 14.4 Å². The molecule has 0 unspecified atom stereocenters. The Labute approximate surface area is 157 Å². The van der Waals surface area contributed by atoms with Crippen molar-refractivity contribution in [2.24, 2.45) is 5.92 Å². The molecule has 142 valence electrons. The number of nitrogens with zero attached hydrogens (tertiary/aromatic N) is 2. The summed E-state index contributed by atoms with van der Waals surface area (Å²) < 4.78 is 11.8. The first kappa shape index (κ1) is 18.7. The fraction of sp³-hybridized carbons (Fsp3) is 0.350. The number of hydrogen-bond acceptors (Lipinski definition) is 5. The van der Waals surface area contributed by atoms with E-state index in [1.54, 1.807) is 17.0 Å². The highest BCUT2D eigenvalue weighted by molar-refractivity contribution is 5.91. The van der Waals surface area contributed by atoms with Crippen LogP contribution in [0.25, 0.3) is 5.69 Å². The van der Waals surface area contributed by atoms with Crippen LogP contribution in [-0.4, -0.2) is 54.1 Å². The third kappa shape index (κ3) is 4.55. The molecule has 0 N–H and O–H groups in total. The van der Waals surface area contributed by atoms with Crippen LogP contribution >= 0.6 is 0 Å². The van der Waals surface area contributed by atoms with Gasteiger partial charge in [-0.25, -0.2) is 4.79 Å². The Balaban J connectivity index is 1.47. The van der Waals surface area contributed by atoms with Crippen LogP contribution in [0.2, 0.25) is 0 Å². The fourth-order valence-electron chi connectivity index (χ4n) is 3.11. The van der Waals surface area contributed by atoms with Gasteiger partial charge in [0.25, 0.3) is 5.91 Å². The summed E-state index contributed by atoms with van der Waals surface area (Å²) in [5.41, 5.74) is 1.32. The monoisotopic (exact) mass is 370 g/mol. The van der Waals surface area contributed by atoms with E-state index < -0.39 is 5.97 Å². The molecule has 0 spiro atoms. The molecule has 27 heavy (non-hydrogen) atoms. The highest BCUT2D eigenvalue weighted by Crippen LogP contribution is 2.18. The number of carbonyl (C=O) groups excluding carboxylic acids is 3. The molecule has 0 aliphatic carbocycles. The van der Waals surface area contributed by atoms with Crippen molar-refractivity contribution in [3.8, 4) is 5.69 Å². The smallest absolute Gasteiger partial charge is 0.338 e. The number of rotatable bonds is 5. The van der Waals surface area contributed by atoms with Crippen LogP contribution in [0, 0.1) is 5.92 Å². The Morgan fingerprint density at radius 3 is 2.26 bits per heavy atom. The first-order valence-electron chi connectivity index (χ1n) is 8.84. The topological polar surface area (TPSA) is 77.8 Å². The van der Waals surface area contributed by atoms with Crippen molar-refractivity contribution in [3.63, 3.8) is 0 Å². The van der Waals surface area contributed by atoms with E-state index in [0.717, 1.165) is 5.69 Å². The fourth-order valence-corrected chi connectivity index (χ4v) is 3.11. The third-order valence-electron chi connectivity index (χ3n) is 4.71. The minimum atomic E-state index is -0.535. The normalized spacial score (nSPS) is 14.6. The summed E-state index contributed by atoms with van der Waals surface area (Å²) in [7, 11) is 1.37. The van der Waals surface area contributed by atoms with E-state index >= 15 is 0 Å². The predicted octanol–water partition coefficient (Wildman–Crippen LogP) is 2.05. The van der Waals surface area contributed by atoms with E-state index in [2.05, 4.69) is 0 Å². The third-order valence-corrected chi connectivity index (χ3v) is 4.71. The zero-order valence-electron chi connectivity index (χ0n) is 15.2. The van der Waals surface area contributed by atoms with Gasteiger partial charge < -0.3 is 18.9 Å². The van der Waals surface area contributed by atoms with Gasteiger partial charge in [-0.2, -0.15) is 0 Å². The summed E-state index contributed by atoms with van der Waals surface area (Å²) in [6, 6.07) is 10.8. The van der Waals surface area contributed by atoms with Gasteiger partial charge in [0.2, 0.25) is 0 Å². The largest absolute Gasteiger partial charge is 0.469 e. The number of ether oxygens (including phenoxy) is 2. The molecule has 3 rings (SSSR count). The van der Waals surface area contributed by atoms with Crippen molar-refractivity contribution in [1.29, 1.82) is 0 Å². The molecule has 0 atom stereocenters. The van der Waals surface area contributed by atoms with Gasteiger partial charge in [-0.1, -0.05) is 0 Å². The van der Waals surface area contributed by atoms with Crippen molar-refractivity contribution in [3.05, 3.63) is 54.4 Å². The number of methoxy groups -OCH3 is 1. The number of aromatic nitrogens is 1. The van der Waals surface area contributed by atoms with Crippen LogP contribution in [0.15, 0.2) is 48.8 Å². The van der Waals surface area contributed by atoms with Crippen LogP contribution in [0.1, 0.15) is 23.2 Å². The molecule has 1 aliphatic heterocycles. The van der Waals surface area contributed by atoms with Gasteiger partial charge in [-0.15, -0.1) is 0 Å². The van der Waals surface area contributed by atoms with E-state index in [1.165, 1.54) is 7.11 Å². The lowest BCUT2D eigenvalue weighted by Gasteiger charge is -2.30. The van der Waals surface area contributed by atoms with Crippen molar-refractivity contribution < 1.29 is 23.9 Å². The quantitative estimate of drug-likeness (QED) is 0.753. The first-order chi connectivity index (χ1) is 13.1. The van der Waals surface area contributed by atoms with Crippen LogP contribution in [0.5, 0.6) is 0 Å². The van der Waals surface area contributed by atoms with Crippen molar-refractivity contribution >= 4 is 17.8 Å². The Morgan fingerprint density at radius 1 is 1.04 bits per heavy atom. The molecule has 1 fully saturated rings. The van der Waals surface area contributed by atoms with Gasteiger partial charge in [-0.3, -0.25) is 9.59 Å². The molecule has 2 heterocycles. The van der Waals surface area contributed by atoms with E-state index in [4.69, 9.17) is 9.47 Å². The first-order valence-corrected chi connectivity index (χ1v) is 8.84. The van der Waals surface area contributed by atoms with Crippen molar-refractivity contribution in [2.75, 3.05) is 26.8 Å². The summed E-state index contributed by atoms with van der Waals surface area (Å²) in [5, 5.41) is 0. The van der Waals surface area contributed by atoms with E-state index in [-0.39, 0.29) is 24.4 Å². The lowest BCUT2D eigenvalue weighted by Crippen LogP contribution is -2.42. The molecule has 0 radical (unpaired) electrons. The van der Waals surface area contributed by atoms with Gasteiger partial charge in [0.15, 0.2) is 6.61 Å². The number of esters is 2. The average Bonchev–Trinajstić information content (AvgIpc) is 3.26. The number of benzene rings is 1.